The molecule has 0 spiro atoms. The van der Waals surface area contributed by atoms with Gasteiger partial charge in [-0.2, -0.15) is 0 Å². The quantitative estimate of drug-likeness (QED) is 0.179. The van der Waals surface area contributed by atoms with Gasteiger partial charge in [0.25, 0.3) is 17.5 Å². The van der Waals surface area contributed by atoms with Crippen LogP contribution in [-0.2, 0) is 0 Å². The van der Waals surface area contributed by atoms with Crippen LogP contribution in [0.3, 0.4) is 0 Å². The van der Waals surface area contributed by atoms with Crippen LogP contribution in [0.5, 0.6) is 34.8 Å². The van der Waals surface area contributed by atoms with Crippen molar-refractivity contribution < 1.29 is 14.2 Å². The SMILES string of the molecule is Br.Brc1ccc(Oc2nnnc(Oc3ccc(Br)c(Br)c3Br)c2Oc2ccc(Br)c(Br)c2Br)c(Br)c1Br. The van der Waals surface area contributed by atoms with Gasteiger partial charge in [-0.05, 0) is 185 Å². The Balaban J connectivity index is 0.00000380. The molecule has 0 aliphatic rings. The first-order chi connectivity index (χ1) is 17.1. The Kier molecular flexibility index (Phi) is 12.4. The highest BCUT2D eigenvalue weighted by atomic mass is 79.9. The summed E-state index contributed by atoms with van der Waals surface area (Å²) in [5, 5.41) is 12.0. The molecule has 0 amide bonds. The molecule has 194 valence electrons. The topological polar surface area (TPSA) is 66.4 Å². The minimum absolute atomic E-state index is 0. The molecule has 16 heteroatoms. The summed E-state index contributed by atoms with van der Waals surface area (Å²) in [4.78, 5) is 0. The minimum Gasteiger partial charge on any atom is -0.445 e. The van der Waals surface area contributed by atoms with E-state index in [0.717, 1.165) is 26.8 Å². The van der Waals surface area contributed by atoms with Gasteiger partial charge in [0.2, 0.25) is 0 Å². The van der Waals surface area contributed by atoms with Gasteiger partial charge in [-0.15, -0.1) is 17.0 Å². The Hall–Kier alpha value is 0.870. The van der Waals surface area contributed by atoms with Crippen LogP contribution in [0.15, 0.2) is 76.7 Å². The Bertz CT molecular complexity index is 1410. The molecule has 0 saturated carbocycles. The van der Waals surface area contributed by atoms with E-state index in [2.05, 4.69) is 159 Å². The van der Waals surface area contributed by atoms with Crippen molar-refractivity contribution in [2.45, 2.75) is 0 Å². The van der Waals surface area contributed by atoms with Gasteiger partial charge in [0.05, 0.1) is 13.4 Å². The lowest BCUT2D eigenvalue weighted by Gasteiger charge is -2.16. The predicted octanol–water partition coefficient (Wildman–Crippen LogP) is 12.7. The van der Waals surface area contributed by atoms with Crippen LogP contribution in [0.2, 0.25) is 0 Å². The average Bonchev–Trinajstić information content (AvgIpc) is 2.86. The van der Waals surface area contributed by atoms with Gasteiger partial charge in [0.15, 0.2) is 0 Å². The summed E-state index contributed by atoms with van der Waals surface area (Å²) in [6.07, 6.45) is 0. The fraction of sp³-hybridized carbons (Fsp3) is 0. The van der Waals surface area contributed by atoms with Gasteiger partial charge in [-0.25, -0.2) is 0 Å². The standard InChI is InChI=1S/C21H6Br9N3O3.BrH/c22-7-1-4-10(16(28)13(7)25)34-19-20(35-11-5-2-8(23)14(26)17(11)29)31-33-32-21(19)36-12-6-3-9(24)15(27)18(12)30;/h1-6H;1H. The second-order valence-electron chi connectivity index (χ2n) is 6.56. The smallest absolute Gasteiger partial charge is 0.290 e. The van der Waals surface area contributed by atoms with Crippen molar-refractivity contribution in [3.63, 3.8) is 0 Å². The zero-order chi connectivity index (χ0) is 26.1. The van der Waals surface area contributed by atoms with E-state index in [1.807, 2.05) is 18.2 Å². The molecule has 3 aromatic carbocycles. The van der Waals surface area contributed by atoms with Crippen molar-refractivity contribution in [2.75, 3.05) is 0 Å². The van der Waals surface area contributed by atoms with Crippen molar-refractivity contribution in [2.24, 2.45) is 0 Å². The lowest BCUT2D eigenvalue weighted by Crippen LogP contribution is -2.02. The van der Waals surface area contributed by atoms with E-state index in [1.165, 1.54) is 0 Å². The molecule has 0 radical (unpaired) electrons. The van der Waals surface area contributed by atoms with Crippen LogP contribution in [0, 0.1) is 0 Å². The maximum absolute atomic E-state index is 6.25. The van der Waals surface area contributed by atoms with Crippen LogP contribution >= 0.6 is 160 Å². The predicted molar refractivity (Wildman–Crippen MR) is 179 cm³/mol. The summed E-state index contributed by atoms with van der Waals surface area (Å²) >= 11 is 31.6. The molecule has 4 rings (SSSR count). The molecule has 0 atom stereocenters. The molecule has 4 aromatic rings. The first-order valence-corrected chi connectivity index (χ1v) is 16.4. The Morgan fingerprint density at radius 1 is 0.432 bits per heavy atom. The summed E-state index contributed by atoms with van der Waals surface area (Å²) in [5.74, 6) is 1.56. The highest BCUT2D eigenvalue weighted by molar-refractivity contribution is 9.15. The molecule has 0 fully saturated rings. The second-order valence-corrected chi connectivity index (χ2v) is 13.9. The molecule has 0 aliphatic heterocycles. The lowest BCUT2D eigenvalue weighted by molar-refractivity contribution is 0.351. The monoisotopic (exact) mass is 1140 g/mol. The second kappa shape index (κ2) is 14.2. The summed E-state index contributed by atoms with van der Waals surface area (Å²) < 4.78 is 25.3. The normalized spacial score (nSPS) is 10.6. The van der Waals surface area contributed by atoms with Gasteiger partial charge < -0.3 is 14.2 Å². The van der Waals surface area contributed by atoms with E-state index in [-0.39, 0.29) is 34.5 Å². The Morgan fingerprint density at radius 2 is 0.757 bits per heavy atom. The zero-order valence-electron chi connectivity index (χ0n) is 17.3. The lowest BCUT2D eigenvalue weighted by atomic mass is 10.3. The maximum atomic E-state index is 6.25. The van der Waals surface area contributed by atoms with Gasteiger partial charge in [-0.1, -0.05) is 10.2 Å². The molecule has 0 aliphatic carbocycles. The number of hydrogen-bond donors (Lipinski definition) is 0. The van der Waals surface area contributed by atoms with Gasteiger partial charge in [0, 0.05) is 26.8 Å². The number of nitrogens with zero attached hydrogens (tertiary/aromatic N) is 3. The van der Waals surface area contributed by atoms with Gasteiger partial charge in [-0.3, -0.25) is 0 Å². The van der Waals surface area contributed by atoms with E-state index < -0.39 is 0 Å². The summed E-state index contributed by atoms with van der Waals surface area (Å²) in [5.41, 5.74) is 0. The number of benzene rings is 3. The minimum atomic E-state index is 0. The maximum Gasteiger partial charge on any atom is 0.290 e. The fourth-order valence-electron chi connectivity index (χ4n) is 2.59. The van der Waals surface area contributed by atoms with Crippen molar-refractivity contribution in [1.82, 2.24) is 15.4 Å². The average molecular weight is 1150 g/mol. The highest BCUT2D eigenvalue weighted by Gasteiger charge is 2.24. The third-order valence-corrected chi connectivity index (χ3v) is 14.3. The van der Waals surface area contributed by atoms with Gasteiger partial charge in [0.1, 0.15) is 17.2 Å². The van der Waals surface area contributed by atoms with E-state index >= 15 is 0 Å². The van der Waals surface area contributed by atoms with Crippen molar-refractivity contribution in [1.29, 1.82) is 0 Å². The highest BCUT2D eigenvalue weighted by Crippen LogP contribution is 2.48. The first kappa shape index (κ1) is 32.4. The number of aromatic nitrogens is 3. The Morgan fingerprint density at radius 3 is 1.11 bits per heavy atom. The molecule has 0 unspecified atom stereocenters. The first-order valence-electron chi connectivity index (χ1n) is 9.25. The van der Waals surface area contributed by atoms with Crippen molar-refractivity contribution in [3.8, 4) is 34.8 Å². The van der Waals surface area contributed by atoms with E-state index in [1.54, 1.807) is 18.2 Å². The van der Waals surface area contributed by atoms with Crippen LogP contribution in [0.4, 0.5) is 0 Å². The van der Waals surface area contributed by atoms with Crippen LogP contribution in [-0.4, -0.2) is 15.4 Å². The molecule has 0 bridgehead atoms. The van der Waals surface area contributed by atoms with Gasteiger partial charge >= 0.3 is 0 Å². The molecule has 6 nitrogen and oxygen atoms in total. The third-order valence-electron chi connectivity index (χ3n) is 4.28. The molecule has 1 heterocycles. The number of rotatable bonds is 6. The van der Waals surface area contributed by atoms with Crippen LogP contribution in [0.25, 0.3) is 0 Å². The van der Waals surface area contributed by atoms with Crippen molar-refractivity contribution in [3.05, 3.63) is 76.7 Å². The molecule has 37 heavy (non-hydrogen) atoms. The number of halogens is 10. The largest absolute Gasteiger partial charge is 0.445 e. The van der Waals surface area contributed by atoms with E-state index in [9.17, 15) is 0 Å². The van der Waals surface area contributed by atoms with Crippen molar-refractivity contribution >= 4 is 160 Å². The Labute approximate surface area is 297 Å². The molecular formula is C21H7Br10N3O3. The third kappa shape index (κ3) is 7.39. The molecule has 1 aromatic heterocycles. The van der Waals surface area contributed by atoms with Crippen LogP contribution < -0.4 is 14.2 Å². The summed E-state index contributed by atoms with van der Waals surface area (Å²) in [6.45, 7) is 0. The molecular weight excluding hydrogens is 1140 g/mol. The van der Waals surface area contributed by atoms with E-state index in [4.69, 9.17) is 14.2 Å². The van der Waals surface area contributed by atoms with E-state index in [0.29, 0.717) is 30.7 Å². The summed E-state index contributed by atoms with van der Waals surface area (Å²) in [6, 6.07) is 10.8. The zero-order valence-corrected chi connectivity index (χ0v) is 33.3. The molecule has 0 N–H and O–H groups in total. The number of hydrogen-bond acceptors (Lipinski definition) is 6. The molecule has 0 saturated heterocycles. The fourth-order valence-corrected chi connectivity index (χ4v) is 6.64. The summed E-state index contributed by atoms with van der Waals surface area (Å²) in [7, 11) is 0. The number of ether oxygens (including phenoxy) is 3. The van der Waals surface area contributed by atoms with Crippen LogP contribution in [0.1, 0.15) is 0 Å².